The van der Waals surface area contributed by atoms with Crippen LogP contribution in [0, 0.1) is 5.92 Å². The average Bonchev–Trinajstić information content (AvgIpc) is 2.15. The van der Waals surface area contributed by atoms with Crippen LogP contribution in [0.3, 0.4) is 0 Å². The van der Waals surface area contributed by atoms with E-state index in [1.165, 1.54) is 0 Å². The number of hydrogen-bond acceptors (Lipinski definition) is 3. The van der Waals surface area contributed by atoms with Gasteiger partial charge in [-0.1, -0.05) is 6.92 Å². The largest absolute Gasteiger partial charge is 0.481 e. The molecule has 1 saturated heterocycles. The van der Waals surface area contributed by atoms with Crippen LogP contribution >= 0.6 is 0 Å². The first-order valence-electron chi connectivity index (χ1n) is 5.46. The number of nitrogens with one attached hydrogen (secondary N) is 2. The fourth-order valence-electron chi connectivity index (χ4n) is 1.43. The van der Waals surface area contributed by atoms with Gasteiger partial charge in [0.05, 0.1) is 5.92 Å². The maximum Gasteiger partial charge on any atom is 0.308 e. The van der Waals surface area contributed by atoms with Gasteiger partial charge in [-0.25, -0.2) is 0 Å². The lowest BCUT2D eigenvalue weighted by molar-refractivity contribution is -0.141. The monoisotopic (exact) mass is 226 g/mol. The molecule has 1 amide bonds. The summed E-state index contributed by atoms with van der Waals surface area (Å²) in [5, 5.41) is 14.5. The topological polar surface area (TPSA) is 78.4 Å². The molecule has 1 atom stereocenters. The molecule has 5 nitrogen and oxygen atoms in total. The van der Waals surface area contributed by atoms with Crippen molar-refractivity contribution in [1.82, 2.24) is 10.6 Å². The van der Waals surface area contributed by atoms with Crippen LogP contribution in [0.1, 0.15) is 20.3 Å². The number of carboxylic acid groups (broad SMARTS) is 1. The van der Waals surface area contributed by atoms with Crippen molar-refractivity contribution in [3.05, 3.63) is 11.1 Å². The van der Waals surface area contributed by atoms with Gasteiger partial charge in [-0.3, -0.25) is 9.59 Å². The summed E-state index contributed by atoms with van der Waals surface area (Å²) in [4.78, 5) is 22.4. The summed E-state index contributed by atoms with van der Waals surface area (Å²) in [6.45, 7) is 5.28. The first-order chi connectivity index (χ1) is 7.56. The molecule has 5 heteroatoms. The zero-order valence-corrected chi connectivity index (χ0v) is 9.67. The van der Waals surface area contributed by atoms with E-state index in [9.17, 15) is 9.59 Å². The van der Waals surface area contributed by atoms with Crippen LogP contribution in [-0.2, 0) is 9.59 Å². The summed E-state index contributed by atoms with van der Waals surface area (Å²) in [6.07, 6.45) is 0.521. The molecule has 1 aliphatic heterocycles. The molecule has 0 aromatic carbocycles. The lowest BCUT2D eigenvalue weighted by Gasteiger charge is -2.21. The Hall–Kier alpha value is -1.36. The van der Waals surface area contributed by atoms with E-state index in [2.05, 4.69) is 10.6 Å². The first-order valence-corrected chi connectivity index (χ1v) is 5.46. The van der Waals surface area contributed by atoms with Gasteiger partial charge in [0.15, 0.2) is 0 Å². The number of carbonyl (C=O) groups excluding carboxylic acids is 1. The molecular formula is C11H18N2O3. The lowest BCUT2D eigenvalue weighted by atomic mass is 10.0. The van der Waals surface area contributed by atoms with Gasteiger partial charge in [-0.15, -0.1) is 0 Å². The third-order valence-corrected chi connectivity index (χ3v) is 2.90. The Bertz CT molecular complexity index is 317. The van der Waals surface area contributed by atoms with Crippen molar-refractivity contribution in [3.8, 4) is 0 Å². The zero-order valence-electron chi connectivity index (χ0n) is 9.67. The molecule has 0 aromatic heterocycles. The van der Waals surface area contributed by atoms with E-state index >= 15 is 0 Å². The number of amides is 1. The number of rotatable bonds is 5. The van der Waals surface area contributed by atoms with Gasteiger partial charge in [0, 0.05) is 25.2 Å². The maximum absolute atomic E-state index is 11.6. The summed E-state index contributed by atoms with van der Waals surface area (Å²) in [5.74, 6) is -1.52. The van der Waals surface area contributed by atoms with Crippen LogP contribution < -0.4 is 10.6 Å². The summed E-state index contributed by atoms with van der Waals surface area (Å²) in [5.41, 5.74) is 1.81. The standard InChI is InChI=1S/C11H18N2O3/c1-3-8(11(15)16)6-13-10(14)7(2)9-4-12-5-9/h8,12H,3-6H2,1-2H3,(H,13,14)(H,15,16). The quantitative estimate of drug-likeness (QED) is 0.582. The second-order valence-electron chi connectivity index (χ2n) is 3.99. The second-order valence-corrected chi connectivity index (χ2v) is 3.99. The van der Waals surface area contributed by atoms with Crippen LogP contribution in [-0.4, -0.2) is 36.6 Å². The highest BCUT2D eigenvalue weighted by atomic mass is 16.4. The van der Waals surface area contributed by atoms with E-state index < -0.39 is 11.9 Å². The van der Waals surface area contributed by atoms with Crippen LogP contribution in [0.5, 0.6) is 0 Å². The first kappa shape index (κ1) is 12.7. The fraction of sp³-hybridized carbons (Fsp3) is 0.636. The van der Waals surface area contributed by atoms with Gasteiger partial charge in [-0.05, 0) is 18.9 Å². The zero-order chi connectivity index (χ0) is 12.1. The van der Waals surface area contributed by atoms with Gasteiger partial charge >= 0.3 is 5.97 Å². The Labute approximate surface area is 94.9 Å². The van der Waals surface area contributed by atoms with Crippen LogP contribution in [0.2, 0.25) is 0 Å². The van der Waals surface area contributed by atoms with E-state index in [1.54, 1.807) is 13.8 Å². The van der Waals surface area contributed by atoms with Crippen LogP contribution in [0.4, 0.5) is 0 Å². The summed E-state index contributed by atoms with van der Waals surface area (Å²) < 4.78 is 0. The molecule has 0 aromatic rings. The Morgan fingerprint density at radius 1 is 1.50 bits per heavy atom. The summed E-state index contributed by atoms with van der Waals surface area (Å²) in [7, 11) is 0. The van der Waals surface area contributed by atoms with Gasteiger partial charge in [0.2, 0.25) is 5.91 Å². The number of carboxylic acids is 1. The molecule has 1 heterocycles. The van der Waals surface area contributed by atoms with E-state index in [4.69, 9.17) is 5.11 Å². The van der Waals surface area contributed by atoms with Crippen molar-refractivity contribution in [1.29, 1.82) is 0 Å². The van der Waals surface area contributed by atoms with E-state index in [1.807, 2.05) is 0 Å². The predicted molar refractivity (Wildman–Crippen MR) is 60.0 cm³/mol. The molecule has 1 fully saturated rings. The van der Waals surface area contributed by atoms with Gasteiger partial charge in [0.25, 0.3) is 0 Å². The third kappa shape index (κ3) is 3.06. The Morgan fingerprint density at radius 2 is 2.12 bits per heavy atom. The molecule has 16 heavy (non-hydrogen) atoms. The average molecular weight is 226 g/mol. The molecule has 1 aliphatic rings. The SMILES string of the molecule is CCC(CNC(=O)C(C)=C1CNC1)C(=O)O. The minimum absolute atomic E-state index is 0.156. The highest BCUT2D eigenvalue weighted by molar-refractivity contribution is 5.94. The Kier molecular flexibility index (Phi) is 4.49. The molecule has 0 saturated carbocycles. The van der Waals surface area contributed by atoms with Crippen LogP contribution in [0.15, 0.2) is 11.1 Å². The minimum Gasteiger partial charge on any atom is -0.481 e. The van der Waals surface area contributed by atoms with Crippen molar-refractivity contribution in [2.75, 3.05) is 19.6 Å². The molecule has 1 rings (SSSR count). The van der Waals surface area contributed by atoms with Gasteiger partial charge in [0.1, 0.15) is 0 Å². The van der Waals surface area contributed by atoms with Crippen LogP contribution in [0.25, 0.3) is 0 Å². The number of aliphatic carboxylic acids is 1. The van der Waals surface area contributed by atoms with Crippen molar-refractivity contribution >= 4 is 11.9 Å². The van der Waals surface area contributed by atoms with E-state index in [0.717, 1.165) is 18.7 Å². The second kappa shape index (κ2) is 5.65. The van der Waals surface area contributed by atoms with Gasteiger partial charge in [-0.2, -0.15) is 0 Å². The molecule has 0 aliphatic carbocycles. The minimum atomic E-state index is -0.863. The third-order valence-electron chi connectivity index (χ3n) is 2.90. The van der Waals surface area contributed by atoms with E-state index in [-0.39, 0.29) is 12.5 Å². The molecular weight excluding hydrogens is 208 g/mol. The highest BCUT2D eigenvalue weighted by Crippen LogP contribution is 2.09. The molecule has 0 bridgehead atoms. The lowest BCUT2D eigenvalue weighted by Crippen LogP contribution is -2.39. The summed E-state index contributed by atoms with van der Waals surface area (Å²) >= 11 is 0. The fourth-order valence-corrected chi connectivity index (χ4v) is 1.43. The molecule has 0 radical (unpaired) electrons. The van der Waals surface area contributed by atoms with Gasteiger partial charge < -0.3 is 15.7 Å². The predicted octanol–water partition coefficient (Wildman–Crippen LogP) is 0.133. The number of hydrogen-bond donors (Lipinski definition) is 3. The smallest absolute Gasteiger partial charge is 0.308 e. The van der Waals surface area contributed by atoms with Crippen molar-refractivity contribution in [2.24, 2.45) is 5.92 Å². The summed E-state index contributed by atoms with van der Waals surface area (Å²) in [6, 6.07) is 0. The van der Waals surface area contributed by atoms with Crippen molar-refractivity contribution in [3.63, 3.8) is 0 Å². The Balaban J connectivity index is 2.43. The Morgan fingerprint density at radius 3 is 2.50 bits per heavy atom. The molecule has 3 N–H and O–H groups in total. The van der Waals surface area contributed by atoms with Crippen molar-refractivity contribution < 1.29 is 14.7 Å². The molecule has 1 unspecified atom stereocenters. The molecule has 90 valence electrons. The highest BCUT2D eigenvalue weighted by Gasteiger charge is 2.19. The van der Waals surface area contributed by atoms with Crippen molar-refractivity contribution in [2.45, 2.75) is 20.3 Å². The normalized spacial score (nSPS) is 16.2. The van der Waals surface area contributed by atoms with E-state index in [0.29, 0.717) is 12.0 Å². The number of carbonyl (C=O) groups is 2. The maximum atomic E-state index is 11.6. The molecule has 0 spiro atoms.